The van der Waals surface area contributed by atoms with Crippen LogP contribution in [0.15, 0.2) is 4.47 Å². The highest BCUT2D eigenvalue weighted by Gasteiger charge is 2.29. The molecule has 5 heteroatoms. The lowest BCUT2D eigenvalue weighted by Crippen LogP contribution is -2.27. The van der Waals surface area contributed by atoms with Crippen molar-refractivity contribution in [2.24, 2.45) is 0 Å². The Kier molecular flexibility index (Phi) is 4.49. The van der Waals surface area contributed by atoms with Crippen molar-refractivity contribution in [1.82, 2.24) is 9.97 Å². The topological polar surface area (TPSA) is 61.0 Å². The highest BCUT2D eigenvalue weighted by Crippen LogP contribution is 2.32. The van der Waals surface area contributed by atoms with Crippen LogP contribution in [0.1, 0.15) is 51.6 Å². The van der Waals surface area contributed by atoms with Crippen LogP contribution in [0.5, 0.6) is 0 Å². The number of aromatic nitrogens is 2. The van der Waals surface area contributed by atoms with Gasteiger partial charge in [0.25, 0.3) is 0 Å². The molecule has 0 amide bonds. The van der Waals surface area contributed by atoms with Crippen LogP contribution in [0.2, 0.25) is 0 Å². The van der Waals surface area contributed by atoms with Crippen molar-refractivity contribution in [3.63, 3.8) is 0 Å². The molecule has 0 aromatic carbocycles. The quantitative estimate of drug-likeness (QED) is 0.927. The first kappa shape index (κ1) is 14.4. The summed E-state index contributed by atoms with van der Waals surface area (Å²) >= 11 is 3.43. The second-order valence-electron chi connectivity index (χ2n) is 4.57. The molecule has 1 aromatic rings. The van der Waals surface area contributed by atoms with Crippen LogP contribution >= 0.6 is 15.9 Å². The number of halogens is 1. The smallest absolute Gasteiger partial charge is 0.162 e. The molecule has 17 heavy (non-hydrogen) atoms. The summed E-state index contributed by atoms with van der Waals surface area (Å²) in [6.07, 6.45) is 0.794. The van der Waals surface area contributed by atoms with Crippen LogP contribution in [0, 0.1) is 0 Å². The van der Waals surface area contributed by atoms with Gasteiger partial charge >= 0.3 is 0 Å². The normalized spacial score (nSPS) is 15.0. The van der Waals surface area contributed by atoms with E-state index in [1.165, 1.54) is 0 Å². The second-order valence-corrected chi connectivity index (χ2v) is 5.37. The van der Waals surface area contributed by atoms with Gasteiger partial charge in [-0.1, -0.05) is 20.8 Å². The van der Waals surface area contributed by atoms with Crippen molar-refractivity contribution in [3.8, 4) is 0 Å². The van der Waals surface area contributed by atoms with Crippen LogP contribution in [0.3, 0.4) is 0 Å². The van der Waals surface area contributed by atoms with E-state index in [1.807, 2.05) is 13.8 Å². The molecule has 1 rings (SSSR count). The highest BCUT2D eigenvalue weighted by molar-refractivity contribution is 9.10. The van der Waals surface area contributed by atoms with E-state index in [-0.39, 0.29) is 5.92 Å². The van der Waals surface area contributed by atoms with E-state index in [0.29, 0.717) is 11.6 Å². The molecule has 0 fully saturated rings. The molecule has 1 atom stereocenters. The van der Waals surface area contributed by atoms with Gasteiger partial charge in [-0.15, -0.1) is 0 Å². The fraction of sp³-hybridized carbons (Fsp3) is 0.667. The molecule has 0 bridgehead atoms. The Labute approximate surface area is 111 Å². The van der Waals surface area contributed by atoms with Crippen LogP contribution < -0.4 is 5.73 Å². The maximum Gasteiger partial charge on any atom is 0.162 e. The molecule has 0 saturated heterocycles. The third kappa shape index (κ3) is 2.77. The third-order valence-corrected chi connectivity index (χ3v) is 3.86. The molecular formula is C12H20BrN3O. The van der Waals surface area contributed by atoms with Gasteiger partial charge in [-0.2, -0.15) is 0 Å². The monoisotopic (exact) mass is 301 g/mol. The first-order chi connectivity index (χ1) is 7.85. The van der Waals surface area contributed by atoms with Gasteiger partial charge in [0.2, 0.25) is 0 Å². The predicted molar refractivity (Wildman–Crippen MR) is 72.9 cm³/mol. The van der Waals surface area contributed by atoms with E-state index in [2.05, 4.69) is 39.7 Å². The molecule has 0 saturated carbocycles. The fourth-order valence-corrected chi connectivity index (χ4v) is 2.13. The van der Waals surface area contributed by atoms with E-state index in [0.717, 1.165) is 16.6 Å². The molecule has 0 spiro atoms. The number of rotatable bonds is 4. The number of anilines is 1. The van der Waals surface area contributed by atoms with Gasteiger partial charge in [-0.05, 0) is 35.2 Å². The number of methoxy groups -OCH3 is 1. The minimum Gasteiger partial charge on any atom is -0.383 e. The van der Waals surface area contributed by atoms with Crippen molar-refractivity contribution in [2.45, 2.75) is 45.6 Å². The first-order valence-electron chi connectivity index (χ1n) is 5.74. The van der Waals surface area contributed by atoms with Gasteiger partial charge in [-0.25, -0.2) is 9.97 Å². The molecule has 0 radical (unpaired) electrons. The van der Waals surface area contributed by atoms with Crippen molar-refractivity contribution in [2.75, 3.05) is 12.8 Å². The van der Waals surface area contributed by atoms with Crippen LogP contribution in [-0.4, -0.2) is 17.1 Å². The van der Waals surface area contributed by atoms with Gasteiger partial charge in [0.1, 0.15) is 11.4 Å². The lowest BCUT2D eigenvalue weighted by molar-refractivity contribution is -0.00909. The van der Waals surface area contributed by atoms with E-state index in [4.69, 9.17) is 10.5 Å². The average molecular weight is 302 g/mol. The molecule has 0 aliphatic heterocycles. The second kappa shape index (κ2) is 5.31. The summed E-state index contributed by atoms with van der Waals surface area (Å²) in [5, 5.41) is 0. The Morgan fingerprint density at radius 1 is 1.41 bits per heavy atom. The van der Waals surface area contributed by atoms with Gasteiger partial charge < -0.3 is 10.5 Å². The van der Waals surface area contributed by atoms with Crippen molar-refractivity contribution in [1.29, 1.82) is 0 Å². The van der Waals surface area contributed by atoms with Crippen molar-refractivity contribution < 1.29 is 4.74 Å². The molecule has 4 nitrogen and oxygen atoms in total. The van der Waals surface area contributed by atoms with Gasteiger partial charge in [0.05, 0.1) is 10.2 Å². The molecule has 0 aliphatic carbocycles. The summed E-state index contributed by atoms with van der Waals surface area (Å²) < 4.78 is 6.29. The number of ether oxygens (including phenoxy) is 1. The number of hydrogen-bond acceptors (Lipinski definition) is 4. The SMILES string of the molecule is CCC(C)(OC)c1nc(N)c(Br)c(C(C)C)n1. The number of nitrogens with zero attached hydrogens (tertiary/aromatic N) is 2. The highest BCUT2D eigenvalue weighted by atomic mass is 79.9. The largest absolute Gasteiger partial charge is 0.383 e. The molecular weight excluding hydrogens is 282 g/mol. The molecule has 96 valence electrons. The third-order valence-electron chi connectivity index (χ3n) is 3.05. The summed E-state index contributed by atoms with van der Waals surface area (Å²) in [6.45, 7) is 8.17. The number of nitrogen functional groups attached to an aromatic ring is 1. The molecule has 0 aliphatic rings. The molecule has 2 N–H and O–H groups in total. The zero-order chi connectivity index (χ0) is 13.2. The van der Waals surface area contributed by atoms with Crippen LogP contribution in [0.4, 0.5) is 5.82 Å². The lowest BCUT2D eigenvalue weighted by Gasteiger charge is -2.26. The molecule has 1 heterocycles. The van der Waals surface area contributed by atoms with Gasteiger partial charge in [-0.3, -0.25) is 0 Å². The summed E-state index contributed by atoms with van der Waals surface area (Å²) in [5.41, 5.74) is 6.34. The Hall–Kier alpha value is -0.680. The Morgan fingerprint density at radius 2 is 2.00 bits per heavy atom. The van der Waals surface area contributed by atoms with E-state index < -0.39 is 5.60 Å². The van der Waals surface area contributed by atoms with Crippen LogP contribution in [0.25, 0.3) is 0 Å². The average Bonchev–Trinajstić information content (AvgIpc) is 2.30. The van der Waals surface area contributed by atoms with Gasteiger partial charge in [0, 0.05) is 7.11 Å². The lowest BCUT2D eigenvalue weighted by atomic mass is 10.0. The standard InChI is InChI=1S/C12H20BrN3O/c1-6-12(4,17-5)11-15-9(7(2)3)8(13)10(14)16-11/h7H,6H2,1-5H3,(H2,14,15,16). The maximum atomic E-state index is 5.91. The van der Waals surface area contributed by atoms with Crippen LogP contribution in [-0.2, 0) is 10.3 Å². The zero-order valence-electron chi connectivity index (χ0n) is 11.0. The summed E-state index contributed by atoms with van der Waals surface area (Å²) in [4.78, 5) is 8.91. The van der Waals surface area contributed by atoms with E-state index in [9.17, 15) is 0 Å². The number of nitrogens with two attached hydrogens (primary N) is 1. The zero-order valence-corrected chi connectivity index (χ0v) is 12.6. The summed E-state index contributed by atoms with van der Waals surface area (Å²) in [5.74, 6) is 1.40. The fourth-order valence-electron chi connectivity index (χ4n) is 1.50. The first-order valence-corrected chi connectivity index (χ1v) is 6.53. The molecule has 1 aromatic heterocycles. The number of hydrogen-bond donors (Lipinski definition) is 1. The Bertz CT molecular complexity index is 403. The van der Waals surface area contributed by atoms with Crippen molar-refractivity contribution >= 4 is 21.7 Å². The Morgan fingerprint density at radius 3 is 2.41 bits per heavy atom. The van der Waals surface area contributed by atoms with E-state index in [1.54, 1.807) is 7.11 Å². The minimum absolute atomic E-state index is 0.284. The van der Waals surface area contributed by atoms with Gasteiger partial charge in [0.15, 0.2) is 5.82 Å². The maximum absolute atomic E-state index is 5.91. The molecule has 1 unspecified atom stereocenters. The van der Waals surface area contributed by atoms with E-state index >= 15 is 0 Å². The summed E-state index contributed by atoms with van der Waals surface area (Å²) in [7, 11) is 1.67. The minimum atomic E-state index is -0.488. The summed E-state index contributed by atoms with van der Waals surface area (Å²) in [6, 6.07) is 0. The Balaban J connectivity index is 3.37. The predicted octanol–water partition coefficient (Wildman–Crippen LogP) is 3.22. The van der Waals surface area contributed by atoms with Crippen molar-refractivity contribution in [3.05, 3.63) is 16.0 Å².